The molecule has 1 aromatic heterocycles. The van der Waals surface area contributed by atoms with Gasteiger partial charge in [0.25, 0.3) is 5.91 Å². The molecule has 6 heteroatoms. The zero-order chi connectivity index (χ0) is 15.2. The van der Waals surface area contributed by atoms with Gasteiger partial charge >= 0.3 is 0 Å². The molecule has 0 saturated carbocycles. The molecule has 0 aliphatic rings. The van der Waals surface area contributed by atoms with E-state index in [2.05, 4.69) is 34.4 Å². The molecule has 2 rings (SSSR count). The third-order valence-electron chi connectivity index (χ3n) is 2.97. The number of amides is 1. The number of aromatic nitrogens is 2. The summed E-state index contributed by atoms with van der Waals surface area (Å²) in [6.45, 7) is 4.14. The van der Waals surface area contributed by atoms with Gasteiger partial charge in [-0.3, -0.25) is 4.79 Å². The number of rotatable bonds is 5. The van der Waals surface area contributed by atoms with Crippen molar-refractivity contribution >= 4 is 29.0 Å². The van der Waals surface area contributed by atoms with Crippen molar-refractivity contribution in [3.8, 4) is 0 Å². The highest BCUT2D eigenvalue weighted by Gasteiger charge is 2.09. The molecular formula is C15H17ClN4O. The Kier molecular flexibility index (Phi) is 5.11. The van der Waals surface area contributed by atoms with E-state index < -0.39 is 0 Å². The van der Waals surface area contributed by atoms with Crippen LogP contribution in [-0.4, -0.2) is 21.9 Å². The topological polar surface area (TPSA) is 66.9 Å². The van der Waals surface area contributed by atoms with E-state index in [1.165, 1.54) is 6.20 Å². The van der Waals surface area contributed by atoms with Gasteiger partial charge in [0.2, 0.25) is 0 Å². The first kappa shape index (κ1) is 15.3. The Bertz CT molecular complexity index is 615. The number of halogens is 1. The molecule has 110 valence electrons. The Morgan fingerprint density at radius 2 is 2.14 bits per heavy atom. The van der Waals surface area contributed by atoms with Gasteiger partial charge in [0.1, 0.15) is 11.5 Å². The van der Waals surface area contributed by atoms with E-state index in [9.17, 15) is 4.79 Å². The van der Waals surface area contributed by atoms with Gasteiger partial charge in [-0.25, -0.2) is 9.97 Å². The highest BCUT2D eigenvalue weighted by atomic mass is 35.5. The Balaban J connectivity index is 2.03. The second kappa shape index (κ2) is 7.04. The third-order valence-corrected chi connectivity index (χ3v) is 3.21. The van der Waals surface area contributed by atoms with Crippen molar-refractivity contribution in [2.75, 3.05) is 10.6 Å². The molecule has 0 spiro atoms. The van der Waals surface area contributed by atoms with Crippen LogP contribution in [0.1, 0.15) is 30.8 Å². The van der Waals surface area contributed by atoms with Crippen LogP contribution < -0.4 is 10.6 Å². The number of hydrogen-bond donors (Lipinski definition) is 2. The van der Waals surface area contributed by atoms with Crippen molar-refractivity contribution in [3.05, 3.63) is 47.4 Å². The fraction of sp³-hybridized carbons (Fsp3) is 0.267. The van der Waals surface area contributed by atoms with Crippen LogP contribution in [0.2, 0.25) is 5.02 Å². The van der Waals surface area contributed by atoms with Crippen LogP contribution >= 0.6 is 11.6 Å². The van der Waals surface area contributed by atoms with E-state index in [-0.39, 0.29) is 11.6 Å². The molecule has 1 aromatic carbocycles. The van der Waals surface area contributed by atoms with E-state index in [0.29, 0.717) is 22.6 Å². The molecule has 1 atom stereocenters. The van der Waals surface area contributed by atoms with Crippen LogP contribution in [0.25, 0.3) is 0 Å². The number of nitrogens with one attached hydrogen (secondary N) is 2. The lowest BCUT2D eigenvalue weighted by molar-refractivity contribution is 0.102. The maximum Gasteiger partial charge on any atom is 0.275 e. The summed E-state index contributed by atoms with van der Waals surface area (Å²) in [6, 6.07) is 7.25. The summed E-state index contributed by atoms with van der Waals surface area (Å²) in [5.41, 5.74) is 0.876. The Morgan fingerprint density at radius 3 is 2.76 bits per heavy atom. The van der Waals surface area contributed by atoms with Crippen molar-refractivity contribution in [3.63, 3.8) is 0 Å². The van der Waals surface area contributed by atoms with Crippen molar-refractivity contribution in [2.45, 2.75) is 26.3 Å². The zero-order valence-electron chi connectivity index (χ0n) is 11.9. The number of carbonyl (C=O) groups excluding carboxylic acids is 1. The van der Waals surface area contributed by atoms with E-state index in [1.807, 2.05) is 0 Å². The van der Waals surface area contributed by atoms with E-state index in [4.69, 9.17) is 11.6 Å². The summed E-state index contributed by atoms with van der Waals surface area (Å²) < 4.78 is 0. The SMILES string of the molecule is CCC(C)Nc1cnc(C(=O)Nc2cccc(Cl)c2)cn1. The number of anilines is 2. The second-order valence-corrected chi connectivity index (χ2v) is 5.14. The standard InChI is InChI=1S/C15H17ClN4O/c1-3-10(2)19-14-9-17-13(8-18-14)15(21)20-12-6-4-5-11(16)7-12/h4-10H,3H2,1-2H3,(H,18,19)(H,20,21). The summed E-state index contributed by atoms with van der Waals surface area (Å²) in [6.07, 6.45) is 3.99. The van der Waals surface area contributed by atoms with Gasteiger partial charge in [-0.15, -0.1) is 0 Å². The van der Waals surface area contributed by atoms with Crippen molar-refractivity contribution in [1.82, 2.24) is 9.97 Å². The second-order valence-electron chi connectivity index (χ2n) is 4.70. The molecule has 1 heterocycles. The zero-order valence-corrected chi connectivity index (χ0v) is 12.7. The minimum atomic E-state index is -0.320. The van der Waals surface area contributed by atoms with Crippen molar-refractivity contribution in [2.24, 2.45) is 0 Å². The van der Waals surface area contributed by atoms with Gasteiger partial charge in [0, 0.05) is 16.8 Å². The van der Waals surface area contributed by atoms with E-state index in [0.717, 1.165) is 6.42 Å². The van der Waals surface area contributed by atoms with E-state index >= 15 is 0 Å². The highest BCUT2D eigenvalue weighted by molar-refractivity contribution is 6.30. The largest absolute Gasteiger partial charge is 0.366 e. The van der Waals surface area contributed by atoms with Crippen LogP contribution in [-0.2, 0) is 0 Å². The summed E-state index contributed by atoms with van der Waals surface area (Å²) in [5.74, 6) is 0.337. The van der Waals surface area contributed by atoms with Gasteiger partial charge in [-0.1, -0.05) is 24.6 Å². The lowest BCUT2D eigenvalue weighted by Crippen LogP contribution is -2.17. The molecule has 0 aliphatic carbocycles. The minimum absolute atomic E-state index is 0.254. The summed E-state index contributed by atoms with van der Waals surface area (Å²) in [7, 11) is 0. The average molecular weight is 305 g/mol. The van der Waals surface area contributed by atoms with Crippen LogP contribution in [0.5, 0.6) is 0 Å². The Morgan fingerprint density at radius 1 is 1.33 bits per heavy atom. The normalized spacial score (nSPS) is 11.8. The number of carbonyl (C=O) groups is 1. The van der Waals surface area contributed by atoms with Gasteiger partial charge in [0.15, 0.2) is 0 Å². The monoisotopic (exact) mass is 304 g/mol. The molecule has 0 aliphatic heterocycles. The smallest absolute Gasteiger partial charge is 0.275 e. The predicted molar refractivity (Wildman–Crippen MR) is 84.8 cm³/mol. The first-order valence-corrected chi connectivity index (χ1v) is 7.11. The molecular weight excluding hydrogens is 288 g/mol. The van der Waals surface area contributed by atoms with Crippen molar-refractivity contribution < 1.29 is 4.79 Å². The lowest BCUT2D eigenvalue weighted by atomic mass is 10.2. The molecule has 0 fully saturated rings. The van der Waals surface area contributed by atoms with Crippen LogP contribution in [0.3, 0.4) is 0 Å². The number of hydrogen-bond acceptors (Lipinski definition) is 4. The van der Waals surface area contributed by atoms with Crippen molar-refractivity contribution in [1.29, 1.82) is 0 Å². The quantitative estimate of drug-likeness (QED) is 0.886. The van der Waals surface area contributed by atoms with Gasteiger partial charge < -0.3 is 10.6 Å². The molecule has 1 unspecified atom stereocenters. The maximum atomic E-state index is 12.0. The maximum absolute atomic E-state index is 12.0. The van der Waals surface area contributed by atoms with Gasteiger partial charge in [-0.2, -0.15) is 0 Å². The molecule has 2 aromatic rings. The summed E-state index contributed by atoms with van der Waals surface area (Å²) in [5, 5.41) is 6.48. The third kappa shape index (κ3) is 4.43. The number of nitrogens with zero attached hydrogens (tertiary/aromatic N) is 2. The van der Waals surface area contributed by atoms with Crippen LogP contribution in [0.15, 0.2) is 36.7 Å². The summed E-state index contributed by atoms with van der Waals surface area (Å²) >= 11 is 5.87. The Labute approximate surface area is 128 Å². The molecule has 21 heavy (non-hydrogen) atoms. The first-order chi connectivity index (χ1) is 10.1. The highest BCUT2D eigenvalue weighted by Crippen LogP contribution is 2.15. The molecule has 0 radical (unpaired) electrons. The minimum Gasteiger partial charge on any atom is -0.366 e. The van der Waals surface area contributed by atoms with Crippen LogP contribution in [0, 0.1) is 0 Å². The van der Waals surface area contributed by atoms with E-state index in [1.54, 1.807) is 30.5 Å². The molecule has 5 nitrogen and oxygen atoms in total. The Hall–Kier alpha value is -2.14. The first-order valence-electron chi connectivity index (χ1n) is 6.74. The average Bonchev–Trinajstić information content (AvgIpc) is 2.47. The predicted octanol–water partition coefficient (Wildman–Crippen LogP) is 3.59. The summed E-state index contributed by atoms with van der Waals surface area (Å²) in [4.78, 5) is 20.3. The fourth-order valence-electron chi connectivity index (χ4n) is 1.64. The molecule has 2 N–H and O–H groups in total. The van der Waals surface area contributed by atoms with Gasteiger partial charge in [0.05, 0.1) is 12.4 Å². The van der Waals surface area contributed by atoms with Crippen LogP contribution in [0.4, 0.5) is 11.5 Å². The number of benzene rings is 1. The molecule has 0 saturated heterocycles. The lowest BCUT2D eigenvalue weighted by Gasteiger charge is -2.11. The van der Waals surface area contributed by atoms with Gasteiger partial charge in [-0.05, 0) is 31.5 Å². The molecule has 1 amide bonds. The molecule has 0 bridgehead atoms. The fourth-order valence-corrected chi connectivity index (χ4v) is 1.83.